The molecule has 1 aliphatic heterocycles. The molecule has 0 saturated heterocycles. The standard InChI is InChI=1S/C19H18N6O3S2/c1-10-15(4-12(6-22-10)17(20)26)24-18(27)14-8-23-25-9-16(29-19(14)25)11-3-13(30(2)28)7-21-5-11/h3-10,22H,1-2H3,(H2,20,26)(H,24,27). The predicted molar refractivity (Wildman–Crippen MR) is 114 cm³/mol. The van der Waals surface area contributed by atoms with E-state index in [1.165, 1.54) is 23.7 Å². The van der Waals surface area contributed by atoms with Gasteiger partial charge in [0.05, 0.1) is 43.9 Å². The van der Waals surface area contributed by atoms with Crippen molar-refractivity contribution < 1.29 is 13.8 Å². The number of pyridine rings is 1. The third kappa shape index (κ3) is 3.76. The van der Waals surface area contributed by atoms with Crippen molar-refractivity contribution >= 4 is 38.8 Å². The van der Waals surface area contributed by atoms with Gasteiger partial charge in [-0.3, -0.25) is 18.8 Å². The number of carbonyl (C=O) groups is 2. The van der Waals surface area contributed by atoms with E-state index in [1.807, 2.05) is 13.0 Å². The molecule has 1 aliphatic rings. The molecule has 9 nitrogen and oxygen atoms in total. The van der Waals surface area contributed by atoms with Gasteiger partial charge in [-0.1, -0.05) is 0 Å². The molecule has 2 atom stereocenters. The van der Waals surface area contributed by atoms with Gasteiger partial charge in [0.25, 0.3) is 5.91 Å². The average Bonchev–Trinajstić information content (AvgIpc) is 3.30. The molecule has 4 rings (SSSR count). The van der Waals surface area contributed by atoms with E-state index in [1.54, 1.807) is 35.4 Å². The maximum atomic E-state index is 12.9. The fraction of sp³-hybridized carbons (Fsp3) is 0.158. The molecule has 3 aromatic heterocycles. The lowest BCUT2D eigenvalue weighted by Gasteiger charge is -2.21. The zero-order valence-corrected chi connectivity index (χ0v) is 17.7. The highest BCUT2D eigenvalue weighted by molar-refractivity contribution is 7.84. The summed E-state index contributed by atoms with van der Waals surface area (Å²) in [6.45, 7) is 1.86. The number of nitrogens with one attached hydrogen (secondary N) is 2. The number of amides is 2. The summed E-state index contributed by atoms with van der Waals surface area (Å²) >= 11 is 1.38. The van der Waals surface area contributed by atoms with Crippen molar-refractivity contribution in [3.8, 4) is 10.4 Å². The summed E-state index contributed by atoms with van der Waals surface area (Å²) in [5.41, 5.74) is 7.34. The second kappa shape index (κ2) is 7.84. The molecule has 30 heavy (non-hydrogen) atoms. The van der Waals surface area contributed by atoms with Crippen molar-refractivity contribution in [2.45, 2.75) is 17.9 Å². The SMILES string of the molecule is CC1NC=C(C(N)=O)C=C1NC(=O)c1cnn2cc(-c3cncc(S(C)=O)c3)sc12. The minimum atomic E-state index is -1.14. The Morgan fingerprint density at radius 1 is 1.33 bits per heavy atom. The number of primary amides is 1. The van der Waals surface area contributed by atoms with Crippen molar-refractivity contribution in [3.63, 3.8) is 0 Å². The minimum absolute atomic E-state index is 0.189. The van der Waals surface area contributed by atoms with E-state index in [4.69, 9.17) is 5.73 Å². The van der Waals surface area contributed by atoms with Crippen LogP contribution in [0.2, 0.25) is 0 Å². The second-order valence-corrected chi connectivity index (χ2v) is 9.08. The van der Waals surface area contributed by atoms with Gasteiger partial charge in [-0.25, -0.2) is 4.52 Å². The van der Waals surface area contributed by atoms with E-state index in [0.29, 0.717) is 21.0 Å². The lowest BCUT2D eigenvalue weighted by molar-refractivity contribution is -0.114. The monoisotopic (exact) mass is 442 g/mol. The topological polar surface area (TPSA) is 131 Å². The molecular formula is C19H18N6O3S2. The Morgan fingerprint density at radius 2 is 2.13 bits per heavy atom. The summed E-state index contributed by atoms with van der Waals surface area (Å²) < 4.78 is 13.4. The Hall–Kier alpha value is -3.31. The maximum absolute atomic E-state index is 12.9. The third-order valence-corrected chi connectivity index (χ3v) is 6.63. The van der Waals surface area contributed by atoms with Gasteiger partial charge >= 0.3 is 0 Å². The Bertz CT molecular complexity index is 1260. The molecule has 3 aromatic rings. The van der Waals surface area contributed by atoms with Gasteiger partial charge in [0.2, 0.25) is 5.91 Å². The number of aromatic nitrogens is 3. The number of hydrogen-bond donors (Lipinski definition) is 3. The minimum Gasteiger partial charge on any atom is -0.382 e. The molecule has 4 heterocycles. The highest BCUT2D eigenvalue weighted by Crippen LogP contribution is 2.31. The van der Waals surface area contributed by atoms with Crippen molar-refractivity contribution in [1.82, 2.24) is 25.2 Å². The number of hydrogen-bond acceptors (Lipinski definition) is 7. The van der Waals surface area contributed by atoms with Gasteiger partial charge in [0.15, 0.2) is 0 Å². The van der Waals surface area contributed by atoms with Crippen LogP contribution in [0.3, 0.4) is 0 Å². The molecule has 154 valence electrons. The normalized spacial score (nSPS) is 17.1. The van der Waals surface area contributed by atoms with Crippen LogP contribution in [0.5, 0.6) is 0 Å². The first-order valence-electron chi connectivity index (χ1n) is 8.88. The van der Waals surface area contributed by atoms with Crippen molar-refractivity contribution in [1.29, 1.82) is 0 Å². The summed E-state index contributed by atoms with van der Waals surface area (Å²) in [7, 11) is -1.14. The first-order chi connectivity index (χ1) is 14.3. The predicted octanol–water partition coefficient (Wildman–Crippen LogP) is 1.17. The summed E-state index contributed by atoms with van der Waals surface area (Å²) in [4.78, 5) is 30.6. The molecule has 0 aromatic carbocycles. The van der Waals surface area contributed by atoms with E-state index in [9.17, 15) is 13.8 Å². The summed E-state index contributed by atoms with van der Waals surface area (Å²) in [5, 5.41) is 10.1. The molecule has 0 saturated carbocycles. The molecule has 0 aliphatic carbocycles. The van der Waals surface area contributed by atoms with Crippen LogP contribution in [0.1, 0.15) is 17.3 Å². The van der Waals surface area contributed by atoms with E-state index >= 15 is 0 Å². The Labute approximate surface area is 178 Å². The van der Waals surface area contributed by atoms with Gasteiger partial charge in [-0.05, 0) is 19.1 Å². The lowest BCUT2D eigenvalue weighted by atomic mass is 10.1. The van der Waals surface area contributed by atoms with E-state index in [-0.39, 0.29) is 17.5 Å². The fourth-order valence-corrected chi connectivity index (χ4v) is 4.45. The van der Waals surface area contributed by atoms with Crippen LogP contribution < -0.4 is 16.4 Å². The van der Waals surface area contributed by atoms with Gasteiger partial charge in [-0.15, -0.1) is 11.3 Å². The molecule has 2 amide bonds. The Morgan fingerprint density at radius 3 is 2.87 bits per heavy atom. The summed E-state index contributed by atoms with van der Waals surface area (Å²) in [6.07, 6.45) is 11.2. The molecular weight excluding hydrogens is 424 g/mol. The first kappa shape index (κ1) is 20.0. The summed E-state index contributed by atoms with van der Waals surface area (Å²) in [5.74, 6) is -0.925. The molecule has 0 spiro atoms. The van der Waals surface area contributed by atoms with Crippen LogP contribution in [0, 0.1) is 0 Å². The summed E-state index contributed by atoms with van der Waals surface area (Å²) in [6, 6.07) is 1.62. The maximum Gasteiger partial charge on any atom is 0.260 e. The zero-order valence-electron chi connectivity index (χ0n) is 16.1. The fourth-order valence-electron chi connectivity index (χ4n) is 2.91. The Kier molecular flexibility index (Phi) is 5.22. The number of dihydropyridines is 1. The molecule has 0 bridgehead atoms. The molecule has 11 heteroatoms. The van der Waals surface area contributed by atoms with Crippen LogP contribution >= 0.6 is 11.3 Å². The van der Waals surface area contributed by atoms with Gasteiger partial charge < -0.3 is 16.4 Å². The van der Waals surface area contributed by atoms with Crippen LogP contribution in [0.25, 0.3) is 15.3 Å². The van der Waals surface area contributed by atoms with Crippen molar-refractivity contribution in [2.75, 3.05) is 6.26 Å². The smallest absolute Gasteiger partial charge is 0.260 e. The van der Waals surface area contributed by atoms with Crippen molar-refractivity contribution in [3.05, 3.63) is 60.0 Å². The van der Waals surface area contributed by atoms with Crippen LogP contribution in [0.15, 0.2) is 59.3 Å². The highest BCUT2D eigenvalue weighted by Gasteiger charge is 2.21. The largest absolute Gasteiger partial charge is 0.382 e. The number of carbonyl (C=O) groups excluding carboxylic acids is 2. The van der Waals surface area contributed by atoms with Crippen LogP contribution in [-0.2, 0) is 15.6 Å². The molecule has 4 N–H and O–H groups in total. The van der Waals surface area contributed by atoms with E-state index in [0.717, 1.165) is 10.4 Å². The quantitative estimate of drug-likeness (QED) is 0.544. The molecule has 0 fully saturated rings. The number of rotatable bonds is 5. The van der Waals surface area contributed by atoms with E-state index < -0.39 is 16.7 Å². The highest BCUT2D eigenvalue weighted by atomic mass is 32.2. The van der Waals surface area contributed by atoms with Crippen LogP contribution in [-0.4, -0.2) is 42.9 Å². The lowest BCUT2D eigenvalue weighted by Crippen LogP contribution is -2.38. The average molecular weight is 443 g/mol. The number of thiazole rings is 1. The zero-order chi connectivity index (χ0) is 21.4. The first-order valence-corrected chi connectivity index (χ1v) is 11.3. The van der Waals surface area contributed by atoms with Gasteiger partial charge in [0, 0.05) is 42.3 Å². The van der Waals surface area contributed by atoms with Crippen molar-refractivity contribution in [2.24, 2.45) is 5.73 Å². The number of nitrogens with zero attached hydrogens (tertiary/aromatic N) is 3. The second-order valence-electron chi connectivity index (χ2n) is 6.67. The molecule has 0 radical (unpaired) electrons. The molecule has 2 unspecified atom stereocenters. The van der Waals surface area contributed by atoms with Gasteiger partial charge in [-0.2, -0.15) is 5.10 Å². The number of fused-ring (bicyclic) bond motifs is 1. The van der Waals surface area contributed by atoms with Gasteiger partial charge in [0.1, 0.15) is 4.83 Å². The van der Waals surface area contributed by atoms with E-state index in [2.05, 4.69) is 20.7 Å². The number of nitrogens with two attached hydrogens (primary N) is 1. The Balaban J connectivity index is 1.63. The third-order valence-electron chi connectivity index (χ3n) is 4.58. The van der Waals surface area contributed by atoms with Crippen LogP contribution in [0.4, 0.5) is 0 Å².